The van der Waals surface area contributed by atoms with Gasteiger partial charge in [0.25, 0.3) is 0 Å². The molecule has 0 fully saturated rings. The zero-order chi connectivity index (χ0) is 11.1. The van der Waals surface area contributed by atoms with Crippen molar-refractivity contribution in [1.82, 2.24) is 0 Å². The number of thioether (sulfide) groups is 1. The van der Waals surface area contributed by atoms with Gasteiger partial charge in [0.15, 0.2) is 0 Å². The van der Waals surface area contributed by atoms with Crippen LogP contribution in [-0.4, -0.2) is 12.8 Å². The van der Waals surface area contributed by atoms with Gasteiger partial charge in [0.2, 0.25) is 0 Å². The van der Waals surface area contributed by atoms with Crippen LogP contribution in [0.4, 0.5) is 0 Å². The number of halogens is 1. The van der Waals surface area contributed by atoms with E-state index in [2.05, 4.69) is 30.5 Å². The van der Waals surface area contributed by atoms with Crippen LogP contribution in [0.3, 0.4) is 0 Å². The Morgan fingerprint density at radius 3 is 2.31 bits per heavy atom. The van der Waals surface area contributed by atoms with E-state index in [1.165, 1.54) is 10.5 Å². The third-order valence-corrected chi connectivity index (χ3v) is 3.26. The zero-order valence-corrected chi connectivity index (χ0v) is 11.3. The standard InChI is InChI=1S/C12H20N2S.ClH/c1-15-11-7-5-10(6-8-11)12(14)4-2-3-9-13;/h5-8,12H,2-4,9,13-14H2,1H3;1H/t12-;/m1./s1. The first kappa shape index (κ1) is 15.8. The van der Waals surface area contributed by atoms with Crippen LogP contribution in [0.2, 0.25) is 0 Å². The molecule has 0 aliphatic heterocycles. The van der Waals surface area contributed by atoms with Gasteiger partial charge in [0, 0.05) is 10.9 Å². The quantitative estimate of drug-likeness (QED) is 0.611. The van der Waals surface area contributed by atoms with Gasteiger partial charge in [0.1, 0.15) is 0 Å². The van der Waals surface area contributed by atoms with E-state index in [1.54, 1.807) is 11.8 Å². The number of hydrogen-bond donors (Lipinski definition) is 2. The predicted molar refractivity (Wildman–Crippen MR) is 75.3 cm³/mol. The lowest BCUT2D eigenvalue weighted by atomic mass is 10.0. The lowest BCUT2D eigenvalue weighted by Crippen LogP contribution is -2.10. The van der Waals surface area contributed by atoms with Crippen LogP contribution in [0.25, 0.3) is 0 Å². The van der Waals surface area contributed by atoms with Crippen molar-refractivity contribution in [1.29, 1.82) is 0 Å². The largest absolute Gasteiger partial charge is 0.330 e. The molecule has 92 valence electrons. The van der Waals surface area contributed by atoms with E-state index < -0.39 is 0 Å². The van der Waals surface area contributed by atoms with E-state index in [-0.39, 0.29) is 18.4 Å². The number of rotatable bonds is 6. The molecule has 4 N–H and O–H groups in total. The van der Waals surface area contributed by atoms with E-state index in [0.29, 0.717) is 0 Å². The Kier molecular flexibility index (Phi) is 8.76. The SMILES string of the molecule is CSc1ccc([C@H](N)CCCCN)cc1.Cl. The van der Waals surface area contributed by atoms with E-state index in [0.717, 1.165) is 25.8 Å². The minimum absolute atomic E-state index is 0. The first-order valence-corrected chi connectivity index (χ1v) is 6.60. The molecular formula is C12H21ClN2S. The Morgan fingerprint density at radius 2 is 1.81 bits per heavy atom. The summed E-state index contributed by atoms with van der Waals surface area (Å²) in [5.74, 6) is 0. The minimum Gasteiger partial charge on any atom is -0.330 e. The maximum absolute atomic E-state index is 6.08. The summed E-state index contributed by atoms with van der Waals surface area (Å²) in [5, 5.41) is 0. The van der Waals surface area contributed by atoms with Gasteiger partial charge in [-0.25, -0.2) is 0 Å². The highest BCUT2D eigenvalue weighted by Gasteiger charge is 2.04. The molecule has 0 aromatic heterocycles. The lowest BCUT2D eigenvalue weighted by Gasteiger charge is -2.11. The summed E-state index contributed by atoms with van der Waals surface area (Å²) in [6.45, 7) is 0.762. The molecule has 1 atom stereocenters. The molecule has 0 heterocycles. The van der Waals surface area contributed by atoms with Crippen molar-refractivity contribution in [2.24, 2.45) is 11.5 Å². The molecule has 0 aliphatic carbocycles. The van der Waals surface area contributed by atoms with Crippen molar-refractivity contribution < 1.29 is 0 Å². The molecular weight excluding hydrogens is 240 g/mol. The Balaban J connectivity index is 0.00000225. The molecule has 0 aliphatic rings. The molecule has 1 rings (SSSR count). The topological polar surface area (TPSA) is 52.0 Å². The predicted octanol–water partition coefficient (Wildman–Crippen LogP) is 2.96. The normalized spacial score (nSPS) is 11.9. The number of hydrogen-bond acceptors (Lipinski definition) is 3. The summed E-state index contributed by atoms with van der Waals surface area (Å²) in [4.78, 5) is 1.29. The van der Waals surface area contributed by atoms with Gasteiger partial charge in [0.05, 0.1) is 0 Å². The van der Waals surface area contributed by atoms with Crippen molar-refractivity contribution in [2.45, 2.75) is 30.2 Å². The Labute approximate surface area is 109 Å². The highest BCUT2D eigenvalue weighted by Crippen LogP contribution is 2.20. The average Bonchev–Trinajstić information content (AvgIpc) is 2.29. The summed E-state index contributed by atoms with van der Waals surface area (Å²) in [7, 11) is 0. The van der Waals surface area contributed by atoms with Crippen LogP contribution in [0.1, 0.15) is 30.9 Å². The second kappa shape index (κ2) is 8.88. The van der Waals surface area contributed by atoms with Crippen LogP contribution in [0, 0.1) is 0 Å². The van der Waals surface area contributed by atoms with Gasteiger partial charge < -0.3 is 11.5 Å². The van der Waals surface area contributed by atoms with Gasteiger partial charge in [-0.15, -0.1) is 24.2 Å². The van der Waals surface area contributed by atoms with E-state index >= 15 is 0 Å². The maximum atomic E-state index is 6.08. The molecule has 0 saturated carbocycles. The number of unbranched alkanes of at least 4 members (excludes halogenated alkanes) is 1. The van der Waals surface area contributed by atoms with Gasteiger partial charge >= 0.3 is 0 Å². The first-order valence-electron chi connectivity index (χ1n) is 5.37. The number of benzene rings is 1. The monoisotopic (exact) mass is 260 g/mol. The molecule has 0 spiro atoms. The molecule has 16 heavy (non-hydrogen) atoms. The second-order valence-corrected chi connectivity index (χ2v) is 4.54. The van der Waals surface area contributed by atoms with Gasteiger partial charge in [-0.3, -0.25) is 0 Å². The summed E-state index contributed by atoms with van der Waals surface area (Å²) < 4.78 is 0. The van der Waals surface area contributed by atoms with Crippen LogP contribution in [0.15, 0.2) is 29.2 Å². The van der Waals surface area contributed by atoms with Crippen LogP contribution in [-0.2, 0) is 0 Å². The maximum Gasteiger partial charge on any atom is 0.0294 e. The van der Waals surface area contributed by atoms with Gasteiger partial charge in [-0.1, -0.05) is 18.6 Å². The minimum atomic E-state index is 0. The third-order valence-electron chi connectivity index (χ3n) is 2.51. The fraction of sp³-hybridized carbons (Fsp3) is 0.500. The van der Waals surface area contributed by atoms with Crippen molar-refractivity contribution in [3.8, 4) is 0 Å². The molecule has 2 nitrogen and oxygen atoms in total. The Hall–Kier alpha value is -0.220. The van der Waals surface area contributed by atoms with Gasteiger partial charge in [-0.2, -0.15) is 0 Å². The summed E-state index contributed by atoms with van der Waals surface area (Å²) in [5.41, 5.74) is 12.8. The molecule has 0 unspecified atom stereocenters. The fourth-order valence-electron chi connectivity index (χ4n) is 1.53. The fourth-order valence-corrected chi connectivity index (χ4v) is 1.93. The molecule has 0 bridgehead atoms. The second-order valence-electron chi connectivity index (χ2n) is 3.66. The summed E-state index contributed by atoms with van der Waals surface area (Å²) >= 11 is 1.75. The molecule has 0 amide bonds. The van der Waals surface area contributed by atoms with Crippen molar-refractivity contribution in [3.63, 3.8) is 0 Å². The third kappa shape index (κ3) is 5.21. The van der Waals surface area contributed by atoms with Crippen molar-refractivity contribution >= 4 is 24.2 Å². The van der Waals surface area contributed by atoms with Gasteiger partial charge in [-0.05, 0) is 43.3 Å². The van der Waals surface area contributed by atoms with E-state index in [9.17, 15) is 0 Å². The number of nitrogens with two attached hydrogens (primary N) is 2. The first-order chi connectivity index (χ1) is 7.27. The Bertz CT molecular complexity index is 277. The van der Waals surface area contributed by atoms with Crippen LogP contribution < -0.4 is 11.5 Å². The average molecular weight is 261 g/mol. The highest BCUT2D eigenvalue weighted by molar-refractivity contribution is 7.98. The summed E-state index contributed by atoms with van der Waals surface area (Å²) in [6, 6.07) is 8.66. The Morgan fingerprint density at radius 1 is 1.19 bits per heavy atom. The van der Waals surface area contributed by atoms with Crippen molar-refractivity contribution in [2.75, 3.05) is 12.8 Å². The molecule has 0 radical (unpaired) electrons. The molecule has 4 heteroatoms. The summed E-state index contributed by atoms with van der Waals surface area (Å²) in [6.07, 6.45) is 5.28. The molecule has 1 aromatic rings. The highest BCUT2D eigenvalue weighted by atomic mass is 35.5. The van der Waals surface area contributed by atoms with E-state index in [4.69, 9.17) is 11.5 Å². The lowest BCUT2D eigenvalue weighted by molar-refractivity contribution is 0.591. The molecule has 1 aromatic carbocycles. The smallest absolute Gasteiger partial charge is 0.0294 e. The van der Waals surface area contributed by atoms with Crippen molar-refractivity contribution in [3.05, 3.63) is 29.8 Å². The van der Waals surface area contributed by atoms with Crippen LogP contribution >= 0.6 is 24.2 Å². The zero-order valence-electron chi connectivity index (χ0n) is 9.69. The van der Waals surface area contributed by atoms with Crippen LogP contribution in [0.5, 0.6) is 0 Å². The molecule has 0 saturated heterocycles. The van der Waals surface area contributed by atoms with E-state index in [1.807, 2.05) is 0 Å².